The standard InChI is InChI=1S/C6H4BrN3O/c7-3-1-8-5-4(3)6(11)10-2-9-5/h1-2,4H,(H,8,9,10,11). The lowest BCUT2D eigenvalue weighted by atomic mass is 10.1. The van der Waals surface area contributed by atoms with Gasteiger partial charge in [0, 0.05) is 10.7 Å². The summed E-state index contributed by atoms with van der Waals surface area (Å²) in [5.74, 6) is 0.153. The summed E-state index contributed by atoms with van der Waals surface area (Å²) in [4.78, 5) is 19.0. The number of nitrogens with one attached hydrogen (secondary N) is 1. The average molecular weight is 214 g/mol. The summed E-state index contributed by atoms with van der Waals surface area (Å²) in [5.41, 5.74) is 0. The third-order valence-electron chi connectivity index (χ3n) is 1.52. The van der Waals surface area contributed by atoms with Crippen LogP contribution in [0.25, 0.3) is 0 Å². The molecule has 5 heteroatoms. The quantitative estimate of drug-likeness (QED) is 0.623. The van der Waals surface area contributed by atoms with Crippen LogP contribution >= 0.6 is 15.9 Å². The number of fused-ring (bicyclic) bond motifs is 1. The predicted octanol–water partition coefficient (Wildman–Crippen LogP) is 0.409. The molecule has 0 fully saturated rings. The average Bonchev–Trinajstić information content (AvgIpc) is 2.34. The minimum Gasteiger partial charge on any atom is -0.316 e. The van der Waals surface area contributed by atoms with Gasteiger partial charge in [-0.3, -0.25) is 4.79 Å². The predicted molar refractivity (Wildman–Crippen MR) is 44.6 cm³/mol. The van der Waals surface area contributed by atoms with Gasteiger partial charge in [0.25, 0.3) is 0 Å². The van der Waals surface area contributed by atoms with E-state index in [1.807, 2.05) is 0 Å². The highest BCUT2D eigenvalue weighted by Gasteiger charge is 2.32. The Morgan fingerprint density at radius 3 is 3.18 bits per heavy atom. The molecule has 0 saturated heterocycles. The van der Waals surface area contributed by atoms with Gasteiger partial charge in [0.05, 0.1) is 6.34 Å². The van der Waals surface area contributed by atoms with Crippen LogP contribution in [0.3, 0.4) is 0 Å². The van der Waals surface area contributed by atoms with Crippen molar-refractivity contribution in [2.45, 2.75) is 0 Å². The number of halogens is 1. The fourth-order valence-electron chi connectivity index (χ4n) is 0.996. The van der Waals surface area contributed by atoms with E-state index < -0.39 is 0 Å². The molecule has 56 valence electrons. The number of carbonyl (C=O) groups is 1. The topological polar surface area (TPSA) is 53.8 Å². The van der Waals surface area contributed by atoms with Crippen LogP contribution in [0.1, 0.15) is 0 Å². The normalized spacial score (nSPS) is 27.4. The fraction of sp³-hybridized carbons (Fsp3) is 0.167. The second-order valence-corrected chi connectivity index (χ2v) is 3.12. The van der Waals surface area contributed by atoms with Crippen LogP contribution in [-0.4, -0.2) is 18.1 Å². The monoisotopic (exact) mass is 213 g/mol. The van der Waals surface area contributed by atoms with E-state index in [1.165, 1.54) is 6.34 Å². The van der Waals surface area contributed by atoms with Gasteiger partial charge in [0.15, 0.2) is 0 Å². The van der Waals surface area contributed by atoms with E-state index in [-0.39, 0.29) is 11.8 Å². The minimum absolute atomic E-state index is 0.0839. The number of carbonyl (C=O) groups excluding carboxylic acids is 1. The SMILES string of the molecule is O=C1NC=NC2=NC=C(Br)C12. The first-order valence-electron chi connectivity index (χ1n) is 3.05. The van der Waals surface area contributed by atoms with Crippen molar-refractivity contribution in [1.82, 2.24) is 5.32 Å². The lowest BCUT2D eigenvalue weighted by molar-refractivity contribution is -0.120. The maximum Gasteiger partial charge on any atom is 0.240 e. The van der Waals surface area contributed by atoms with Gasteiger partial charge >= 0.3 is 0 Å². The minimum atomic E-state index is -0.319. The number of aliphatic imine (C=N–C) groups is 2. The van der Waals surface area contributed by atoms with Crippen LogP contribution in [0.4, 0.5) is 0 Å². The Labute approximate surface area is 71.2 Å². The van der Waals surface area contributed by atoms with Crippen LogP contribution in [0.5, 0.6) is 0 Å². The summed E-state index contributed by atoms with van der Waals surface area (Å²) < 4.78 is 0.766. The molecule has 11 heavy (non-hydrogen) atoms. The van der Waals surface area contributed by atoms with Gasteiger partial charge in [0.1, 0.15) is 11.8 Å². The largest absolute Gasteiger partial charge is 0.316 e. The Morgan fingerprint density at radius 1 is 1.64 bits per heavy atom. The van der Waals surface area contributed by atoms with Crippen molar-refractivity contribution < 1.29 is 4.79 Å². The van der Waals surface area contributed by atoms with E-state index in [4.69, 9.17) is 0 Å². The maximum atomic E-state index is 11.1. The molecule has 2 aliphatic rings. The van der Waals surface area contributed by atoms with Crippen molar-refractivity contribution in [3.8, 4) is 0 Å². The van der Waals surface area contributed by atoms with Gasteiger partial charge in [0.2, 0.25) is 5.91 Å². The molecular formula is C6H4BrN3O. The molecule has 0 saturated carbocycles. The highest BCUT2D eigenvalue weighted by atomic mass is 79.9. The molecule has 0 spiro atoms. The van der Waals surface area contributed by atoms with Gasteiger partial charge < -0.3 is 5.32 Å². The smallest absolute Gasteiger partial charge is 0.240 e. The molecule has 1 atom stereocenters. The molecule has 1 amide bonds. The zero-order valence-corrected chi connectivity index (χ0v) is 7.00. The molecule has 0 bridgehead atoms. The van der Waals surface area contributed by atoms with Crippen molar-refractivity contribution in [3.05, 3.63) is 10.7 Å². The third kappa shape index (κ3) is 0.920. The van der Waals surface area contributed by atoms with Crippen molar-refractivity contribution in [1.29, 1.82) is 0 Å². The van der Waals surface area contributed by atoms with Crippen LogP contribution in [0.2, 0.25) is 0 Å². The molecule has 2 aliphatic heterocycles. The van der Waals surface area contributed by atoms with E-state index in [1.54, 1.807) is 6.20 Å². The Morgan fingerprint density at radius 2 is 2.45 bits per heavy atom. The van der Waals surface area contributed by atoms with Crippen LogP contribution in [0.15, 0.2) is 20.7 Å². The number of rotatable bonds is 0. The summed E-state index contributed by atoms with van der Waals surface area (Å²) in [7, 11) is 0. The number of amidine groups is 1. The van der Waals surface area contributed by atoms with Crippen LogP contribution in [0, 0.1) is 5.92 Å². The molecule has 0 aromatic heterocycles. The van der Waals surface area contributed by atoms with Gasteiger partial charge in [-0.25, -0.2) is 9.98 Å². The summed E-state index contributed by atoms with van der Waals surface area (Å²) in [6.07, 6.45) is 2.96. The molecule has 4 nitrogen and oxygen atoms in total. The van der Waals surface area contributed by atoms with E-state index in [0.29, 0.717) is 5.84 Å². The fourth-order valence-corrected chi connectivity index (χ4v) is 1.51. The highest BCUT2D eigenvalue weighted by Crippen LogP contribution is 2.26. The Balaban J connectivity index is 2.42. The van der Waals surface area contributed by atoms with Crippen LogP contribution < -0.4 is 5.32 Å². The van der Waals surface area contributed by atoms with E-state index >= 15 is 0 Å². The first-order chi connectivity index (χ1) is 5.29. The molecule has 0 aliphatic carbocycles. The summed E-state index contributed by atoms with van der Waals surface area (Å²) >= 11 is 3.23. The second-order valence-electron chi connectivity index (χ2n) is 2.20. The number of nitrogens with zero attached hydrogens (tertiary/aromatic N) is 2. The summed E-state index contributed by atoms with van der Waals surface area (Å²) in [5, 5.41) is 2.50. The van der Waals surface area contributed by atoms with Gasteiger partial charge in [-0.05, 0) is 0 Å². The first-order valence-corrected chi connectivity index (χ1v) is 3.84. The van der Waals surface area contributed by atoms with E-state index in [2.05, 4.69) is 31.2 Å². The number of hydrogen-bond acceptors (Lipinski definition) is 3. The van der Waals surface area contributed by atoms with E-state index in [9.17, 15) is 4.79 Å². The molecule has 0 aromatic carbocycles. The second kappa shape index (κ2) is 2.27. The zero-order chi connectivity index (χ0) is 7.84. The number of amides is 1. The molecule has 2 heterocycles. The third-order valence-corrected chi connectivity index (χ3v) is 2.18. The Bertz CT molecular complexity index is 305. The van der Waals surface area contributed by atoms with Crippen molar-refractivity contribution in [3.63, 3.8) is 0 Å². The first kappa shape index (κ1) is 6.72. The molecule has 1 unspecified atom stereocenters. The zero-order valence-electron chi connectivity index (χ0n) is 5.41. The van der Waals surface area contributed by atoms with Gasteiger partial charge in [-0.15, -0.1) is 0 Å². The van der Waals surface area contributed by atoms with Gasteiger partial charge in [-0.1, -0.05) is 15.9 Å². The summed E-state index contributed by atoms with van der Waals surface area (Å²) in [6.45, 7) is 0. The Kier molecular flexibility index (Phi) is 1.38. The number of hydrogen-bond donors (Lipinski definition) is 1. The van der Waals surface area contributed by atoms with Gasteiger partial charge in [-0.2, -0.15) is 0 Å². The molecular weight excluding hydrogens is 210 g/mol. The van der Waals surface area contributed by atoms with Crippen molar-refractivity contribution >= 4 is 34.0 Å². The lowest BCUT2D eigenvalue weighted by Gasteiger charge is -2.13. The molecule has 1 N–H and O–H groups in total. The lowest BCUT2D eigenvalue weighted by Crippen LogP contribution is -2.37. The molecule has 2 rings (SSSR count). The van der Waals surface area contributed by atoms with Crippen molar-refractivity contribution in [2.75, 3.05) is 0 Å². The summed E-state index contributed by atoms with van der Waals surface area (Å²) in [6, 6.07) is 0. The van der Waals surface area contributed by atoms with Crippen LogP contribution in [-0.2, 0) is 4.79 Å². The maximum absolute atomic E-state index is 11.1. The van der Waals surface area contributed by atoms with Crippen molar-refractivity contribution in [2.24, 2.45) is 15.9 Å². The van der Waals surface area contributed by atoms with E-state index in [0.717, 1.165) is 4.48 Å². The highest BCUT2D eigenvalue weighted by molar-refractivity contribution is 9.11. The molecule has 0 radical (unpaired) electrons. The molecule has 0 aromatic rings. The Hall–Kier alpha value is -0.970.